The summed E-state index contributed by atoms with van der Waals surface area (Å²) < 4.78 is 7.06. The Hall–Kier alpha value is -1.78. The van der Waals surface area contributed by atoms with Gasteiger partial charge in [-0.2, -0.15) is 0 Å². The first-order valence-corrected chi connectivity index (χ1v) is 11.4. The van der Waals surface area contributed by atoms with E-state index in [4.69, 9.17) is 27.9 Å². The lowest BCUT2D eigenvalue weighted by molar-refractivity contribution is -0.121. The Morgan fingerprint density at radius 2 is 2.16 bits per heavy atom. The Morgan fingerprint density at radius 3 is 2.84 bits per heavy atom. The first kappa shape index (κ1) is 23.9. The maximum absolute atomic E-state index is 12.5. The summed E-state index contributed by atoms with van der Waals surface area (Å²) in [5.74, 6) is -0.246. The highest BCUT2D eigenvalue weighted by atomic mass is 35.5. The zero-order valence-corrected chi connectivity index (χ0v) is 19.3. The minimum absolute atomic E-state index is 0.0779. The zero-order chi connectivity index (χ0) is 22.7. The standard InChI is InChI=1S/C20H23Cl2N3O5S/c1-3-11-9-25(20(29)24-19(11)28)17-7-14(26)15(30-17)8-23-18(27)10(2)31-16-5-4-12(21)6-13(16)22/h4-6,9-10,14-15,17,26H,3,7-8H2,1-2H3,(H,23,27)(H,24,28,29)/t10-,14?,15-,17-/m0/s1. The van der Waals surface area contributed by atoms with E-state index in [9.17, 15) is 19.5 Å². The number of ether oxygens (including phenoxy) is 1. The molecule has 1 unspecified atom stereocenters. The van der Waals surface area contributed by atoms with Gasteiger partial charge in [-0.15, -0.1) is 11.8 Å². The third-order valence-corrected chi connectivity index (χ3v) is 6.82. The molecule has 1 saturated heterocycles. The van der Waals surface area contributed by atoms with Crippen molar-refractivity contribution in [2.75, 3.05) is 6.54 Å². The fourth-order valence-corrected chi connectivity index (χ4v) is 4.65. The molecule has 0 aliphatic carbocycles. The lowest BCUT2D eigenvalue weighted by Gasteiger charge is -2.18. The van der Waals surface area contributed by atoms with E-state index in [1.165, 1.54) is 22.5 Å². The van der Waals surface area contributed by atoms with Gasteiger partial charge in [0.2, 0.25) is 5.91 Å². The molecule has 3 N–H and O–H groups in total. The van der Waals surface area contributed by atoms with E-state index in [0.717, 1.165) is 4.90 Å². The molecule has 1 aliphatic heterocycles. The van der Waals surface area contributed by atoms with Crippen LogP contribution in [-0.2, 0) is 16.0 Å². The molecule has 0 spiro atoms. The summed E-state index contributed by atoms with van der Waals surface area (Å²) in [7, 11) is 0. The van der Waals surface area contributed by atoms with E-state index in [2.05, 4.69) is 10.3 Å². The van der Waals surface area contributed by atoms with Gasteiger partial charge in [-0.3, -0.25) is 19.1 Å². The predicted octanol–water partition coefficient (Wildman–Crippen LogP) is 2.35. The Morgan fingerprint density at radius 1 is 1.42 bits per heavy atom. The van der Waals surface area contributed by atoms with Gasteiger partial charge < -0.3 is 15.2 Å². The van der Waals surface area contributed by atoms with Crippen molar-refractivity contribution in [1.29, 1.82) is 0 Å². The zero-order valence-electron chi connectivity index (χ0n) is 16.9. The predicted molar refractivity (Wildman–Crippen MR) is 120 cm³/mol. The summed E-state index contributed by atoms with van der Waals surface area (Å²) in [6.07, 6.45) is -0.213. The second-order valence-electron chi connectivity index (χ2n) is 7.19. The molecule has 1 aromatic carbocycles. The minimum atomic E-state index is -0.872. The summed E-state index contributed by atoms with van der Waals surface area (Å²) in [6, 6.07) is 5.06. The van der Waals surface area contributed by atoms with Crippen LogP contribution in [0.25, 0.3) is 0 Å². The number of hydrogen-bond donors (Lipinski definition) is 3. The van der Waals surface area contributed by atoms with Crippen LogP contribution in [0.4, 0.5) is 0 Å². The molecule has 31 heavy (non-hydrogen) atoms. The molecule has 0 radical (unpaired) electrons. The average Bonchev–Trinajstić information content (AvgIpc) is 3.08. The molecule has 168 valence electrons. The number of carbonyl (C=O) groups is 1. The molecule has 2 heterocycles. The van der Waals surface area contributed by atoms with Crippen LogP contribution in [0.5, 0.6) is 0 Å². The van der Waals surface area contributed by atoms with Crippen molar-refractivity contribution in [3.63, 3.8) is 0 Å². The Bertz CT molecular complexity index is 1070. The summed E-state index contributed by atoms with van der Waals surface area (Å²) in [5, 5.41) is 13.6. The molecule has 11 heteroatoms. The largest absolute Gasteiger partial charge is 0.390 e. The fraction of sp³-hybridized carbons (Fsp3) is 0.450. The van der Waals surface area contributed by atoms with Gasteiger partial charge >= 0.3 is 5.69 Å². The molecule has 1 aromatic heterocycles. The highest BCUT2D eigenvalue weighted by Gasteiger charge is 2.36. The van der Waals surface area contributed by atoms with E-state index in [0.29, 0.717) is 22.0 Å². The summed E-state index contributed by atoms with van der Waals surface area (Å²) in [4.78, 5) is 39.4. The molecule has 4 atom stereocenters. The topological polar surface area (TPSA) is 113 Å². The van der Waals surface area contributed by atoms with E-state index in [1.807, 2.05) is 0 Å². The van der Waals surface area contributed by atoms with Crippen LogP contribution in [0, 0.1) is 0 Å². The number of halogens is 2. The van der Waals surface area contributed by atoms with Crippen molar-refractivity contribution in [2.24, 2.45) is 0 Å². The quantitative estimate of drug-likeness (QED) is 0.516. The molecular formula is C20H23Cl2N3O5S. The normalized spacial score (nSPS) is 21.8. The molecule has 8 nitrogen and oxygen atoms in total. The van der Waals surface area contributed by atoms with Gasteiger partial charge in [0.1, 0.15) is 12.3 Å². The Kier molecular flexibility index (Phi) is 7.87. The SMILES string of the molecule is CCc1cn([C@@H]2CC(O)[C@H](CNC(=O)[C@H](C)Sc3ccc(Cl)cc3Cl)O2)c(=O)[nH]c1=O. The Labute approximate surface area is 192 Å². The smallest absolute Gasteiger partial charge is 0.330 e. The molecule has 0 bridgehead atoms. The second kappa shape index (κ2) is 10.2. The van der Waals surface area contributed by atoms with Crippen LogP contribution < -0.4 is 16.6 Å². The maximum Gasteiger partial charge on any atom is 0.330 e. The number of benzene rings is 1. The molecule has 2 aromatic rings. The van der Waals surface area contributed by atoms with Crippen molar-refractivity contribution < 1.29 is 14.6 Å². The van der Waals surface area contributed by atoms with Crippen molar-refractivity contribution in [3.05, 3.63) is 60.8 Å². The van der Waals surface area contributed by atoms with E-state index in [1.54, 1.807) is 32.0 Å². The van der Waals surface area contributed by atoms with E-state index in [-0.39, 0.29) is 18.9 Å². The number of aromatic nitrogens is 2. The van der Waals surface area contributed by atoms with E-state index >= 15 is 0 Å². The van der Waals surface area contributed by atoms with Crippen molar-refractivity contribution in [2.45, 2.75) is 55.3 Å². The number of aryl methyl sites for hydroxylation is 1. The van der Waals surface area contributed by atoms with Crippen LogP contribution in [0.1, 0.15) is 32.1 Å². The van der Waals surface area contributed by atoms with Gasteiger partial charge in [0, 0.05) is 34.6 Å². The summed E-state index contributed by atoms with van der Waals surface area (Å²) in [6.45, 7) is 3.62. The van der Waals surface area contributed by atoms with Crippen LogP contribution >= 0.6 is 35.0 Å². The highest BCUT2D eigenvalue weighted by Crippen LogP contribution is 2.32. The molecular weight excluding hydrogens is 465 g/mol. The second-order valence-corrected chi connectivity index (χ2v) is 9.41. The number of nitrogens with one attached hydrogen (secondary N) is 2. The molecule has 3 rings (SSSR count). The number of nitrogens with zero attached hydrogens (tertiary/aromatic N) is 1. The molecule has 1 amide bonds. The number of H-pyrrole nitrogens is 1. The van der Waals surface area contributed by atoms with Gasteiger partial charge in [0.05, 0.1) is 16.4 Å². The van der Waals surface area contributed by atoms with E-state index < -0.39 is 34.9 Å². The van der Waals surface area contributed by atoms with Gasteiger partial charge in [-0.1, -0.05) is 30.1 Å². The highest BCUT2D eigenvalue weighted by molar-refractivity contribution is 8.00. The van der Waals surface area contributed by atoms with Crippen molar-refractivity contribution in [1.82, 2.24) is 14.9 Å². The first-order chi connectivity index (χ1) is 14.7. The number of aliphatic hydroxyl groups excluding tert-OH is 1. The molecule has 1 aliphatic rings. The third-order valence-electron chi connectivity index (χ3n) is 4.98. The number of aliphatic hydroxyl groups is 1. The molecule has 0 saturated carbocycles. The number of hydrogen-bond acceptors (Lipinski definition) is 6. The average molecular weight is 488 g/mol. The van der Waals surface area contributed by atoms with Crippen molar-refractivity contribution >= 4 is 40.9 Å². The lowest BCUT2D eigenvalue weighted by Crippen LogP contribution is -2.40. The maximum atomic E-state index is 12.5. The number of thioether (sulfide) groups is 1. The number of rotatable bonds is 7. The Balaban J connectivity index is 1.59. The van der Waals surface area contributed by atoms with Gasteiger partial charge in [-0.25, -0.2) is 4.79 Å². The van der Waals surface area contributed by atoms with Crippen LogP contribution in [0.15, 0.2) is 38.9 Å². The number of aromatic amines is 1. The van der Waals surface area contributed by atoms with Gasteiger partial charge in [0.25, 0.3) is 5.56 Å². The van der Waals surface area contributed by atoms with Crippen LogP contribution in [-0.4, -0.2) is 44.6 Å². The minimum Gasteiger partial charge on any atom is -0.390 e. The van der Waals surface area contributed by atoms with Gasteiger partial charge in [0.15, 0.2) is 0 Å². The van der Waals surface area contributed by atoms with Crippen molar-refractivity contribution in [3.8, 4) is 0 Å². The number of carbonyl (C=O) groups excluding carboxylic acids is 1. The first-order valence-electron chi connectivity index (χ1n) is 9.76. The third kappa shape index (κ3) is 5.72. The van der Waals surface area contributed by atoms with Crippen LogP contribution in [0.2, 0.25) is 10.0 Å². The lowest BCUT2D eigenvalue weighted by atomic mass is 10.1. The monoisotopic (exact) mass is 487 g/mol. The van der Waals surface area contributed by atoms with Gasteiger partial charge in [-0.05, 0) is 31.5 Å². The fourth-order valence-electron chi connectivity index (χ4n) is 3.22. The summed E-state index contributed by atoms with van der Waals surface area (Å²) >= 11 is 13.3. The molecule has 1 fully saturated rings. The summed E-state index contributed by atoms with van der Waals surface area (Å²) in [5.41, 5.74) is -0.589. The number of amides is 1. The van der Waals surface area contributed by atoms with Crippen LogP contribution in [0.3, 0.4) is 0 Å².